The second-order valence-corrected chi connectivity index (χ2v) is 9.63. The average molecular weight is 581 g/mol. The number of pyridine rings is 1. The maximum atomic E-state index is 14.7. The lowest BCUT2D eigenvalue weighted by Crippen LogP contribution is -2.49. The van der Waals surface area contributed by atoms with Crippen molar-refractivity contribution in [3.8, 4) is 0 Å². The van der Waals surface area contributed by atoms with Gasteiger partial charge in [0.2, 0.25) is 0 Å². The molecule has 4 aromatic rings. The summed E-state index contributed by atoms with van der Waals surface area (Å²) in [5, 5.41) is 2.78. The number of carbonyl (C=O) groups excluding carboxylic acids is 1. The Morgan fingerprint density at radius 3 is 2.15 bits per heavy atom. The Bertz CT molecular complexity index is 1520. The quantitative estimate of drug-likeness (QED) is 0.225. The summed E-state index contributed by atoms with van der Waals surface area (Å²) in [7, 11) is 0. The number of aromatic nitrogens is 1. The molecule has 0 radical (unpaired) electrons. The molecular formula is C29H20ClF7N2O. The molecule has 4 rings (SSSR count). The predicted molar refractivity (Wildman–Crippen MR) is 135 cm³/mol. The van der Waals surface area contributed by atoms with Crippen LogP contribution < -0.4 is 5.32 Å². The van der Waals surface area contributed by atoms with Gasteiger partial charge in [0.25, 0.3) is 11.8 Å². The highest BCUT2D eigenvalue weighted by atomic mass is 35.5. The lowest BCUT2D eigenvalue weighted by Gasteiger charge is -2.36. The zero-order valence-electron chi connectivity index (χ0n) is 20.7. The van der Waals surface area contributed by atoms with Crippen LogP contribution in [0.25, 0.3) is 0 Å². The number of benzene rings is 3. The second-order valence-electron chi connectivity index (χ2n) is 9.19. The van der Waals surface area contributed by atoms with E-state index in [1.807, 2.05) is 0 Å². The molecule has 0 fully saturated rings. The summed E-state index contributed by atoms with van der Waals surface area (Å²) in [4.78, 5) is 17.8. The van der Waals surface area contributed by atoms with Crippen LogP contribution in [0.3, 0.4) is 0 Å². The van der Waals surface area contributed by atoms with Gasteiger partial charge in [-0.2, -0.15) is 13.2 Å². The van der Waals surface area contributed by atoms with Gasteiger partial charge in [-0.25, -0.2) is 17.6 Å². The Morgan fingerprint density at radius 2 is 1.55 bits per heavy atom. The number of rotatable bonds is 7. The van der Waals surface area contributed by atoms with Crippen molar-refractivity contribution in [2.45, 2.75) is 31.0 Å². The van der Waals surface area contributed by atoms with Gasteiger partial charge in [0.1, 0.15) is 17.2 Å². The molecule has 1 N–H and O–H groups in total. The lowest BCUT2D eigenvalue weighted by atomic mass is 9.79. The van der Waals surface area contributed by atoms with Crippen molar-refractivity contribution < 1.29 is 35.5 Å². The third-order valence-electron chi connectivity index (χ3n) is 6.22. The first-order valence-corrected chi connectivity index (χ1v) is 12.1. The molecule has 40 heavy (non-hydrogen) atoms. The molecule has 0 saturated heterocycles. The van der Waals surface area contributed by atoms with Crippen LogP contribution in [-0.4, -0.2) is 10.9 Å². The number of alkyl halides is 5. The first-order chi connectivity index (χ1) is 18.7. The van der Waals surface area contributed by atoms with Gasteiger partial charge in [-0.05, 0) is 59.7 Å². The van der Waals surface area contributed by atoms with Crippen molar-refractivity contribution in [1.82, 2.24) is 10.3 Å². The van der Waals surface area contributed by atoms with Crippen LogP contribution in [0, 0.1) is 11.6 Å². The Morgan fingerprint density at radius 1 is 0.875 bits per heavy atom. The van der Waals surface area contributed by atoms with Gasteiger partial charge in [0.05, 0.1) is 21.8 Å². The topological polar surface area (TPSA) is 42.0 Å². The Balaban J connectivity index is 1.98. The molecule has 1 atom stereocenters. The van der Waals surface area contributed by atoms with E-state index in [9.17, 15) is 35.5 Å². The third-order valence-corrected chi connectivity index (χ3v) is 6.45. The fourth-order valence-corrected chi connectivity index (χ4v) is 4.43. The molecule has 0 saturated carbocycles. The summed E-state index contributed by atoms with van der Waals surface area (Å²) in [6, 6.07) is 15.1. The number of nitrogens with zero attached hydrogens (tertiary/aromatic N) is 1. The van der Waals surface area contributed by atoms with Crippen molar-refractivity contribution in [3.63, 3.8) is 0 Å². The van der Waals surface area contributed by atoms with Crippen molar-refractivity contribution in [3.05, 3.63) is 135 Å². The van der Waals surface area contributed by atoms with Crippen LogP contribution in [0.15, 0.2) is 85.1 Å². The summed E-state index contributed by atoms with van der Waals surface area (Å²) in [5.74, 6) is -7.17. The molecule has 0 bridgehead atoms. The van der Waals surface area contributed by atoms with E-state index in [1.54, 1.807) is 30.3 Å². The second kappa shape index (κ2) is 10.9. The minimum absolute atomic E-state index is 0.0176. The van der Waals surface area contributed by atoms with Gasteiger partial charge in [0, 0.05) is 25.1 Å². The summed E-state index contributed by atoms with van der Waals surface area (Å²) in [6.45, 7) is 0.454. The minimum atomic E-state index is -4.94. The van der Waals surface area contributed by atoms with E-state index in [1.165, 1.54) is 18.3 Å². The van der Waals surface area contributed by atoms with Crippen LogP contribution in [0.2, 0.25) is 5.02 Å². The van der Waals surface area contributed by atoms with Crippen molar-refractivity contribution in [1.29, 1.82) is 0 Å². The molecule has 1 aromatic heterocycles. The zero-order valence-corrected chi connectivity index (χ0v) is 21.4. The summed E-state index contributed by atoms with van der Waals surface area (Å²) in [5.41, 5.74) is -4.57. The maximum Gasteiger partial charge on any atom is 0.416 e. The van der Waals surface area contributed by atoms with E-state index in [0.717, 1.165) is 12.1 Å². The highest BCUT2D eigenvalue weighted by molar-refractivity contribution is 6.30. The van der Waals surface area contributed by atoms with Gasteiger partial charge in [-0.15, -0.1) is 0 Å². The van der Waals surface area contributed by atoms with Crippen LogP contribution in [0.5, 0.6) is 0 Å². The van der Waals surface area contributed by atoms with E-state index in [-0.39, 0.29) is 22.7 Å². The molecule has 0 aliphatic heterocycles. The molecule has 1 heterocycles. The van der Waals surface area contributed by atoms with Gasteiger partial charge >= 0.3 is 6.18 Å². The molecule has 3 nitrogen and oxygen atoms in total. The van der Waals surface area contributed by atoms with Crippen molar-refractivity contribution in [2.75, 3.05) is 0 Å². The summed E-state index contributed by atoms with van der Waals surface area (Å²) in [6.07, 6.45) is -3.97. The van der Waals surface area contributed by atoms with E-state index >= 15 is 0 Å². The lowest BCUT2D eigenvalue weighted by molar-refractivity contribution is -0.137. The maximum absolute atomic E-state index is 14.7. The number of halogens is 8. The highest BCUT2D eigenvalue weighted by Crippen LogP contribution is 2.38. The van der Waals surface area contributed by atoms with E-state index in [0.29, 0.717) is 36.8 Å². The fraction of sp³-hybridized carbons (Fsp3) is 0.172. The van der Waals surface area contributed by atoms with E-state index < -0.39 is 51.9 Å². The SMILES string of the molecule is CC(F)(F)c1cc(C(=O)N[C@@](Cc2ccccc2)(c2cc(F)cc(C(F)(F)F)c2)c2ccc(Cl)cn2)ccc1F. The first-order valence-electron chi connectivity index (χ1n) is 11.7. The Labute approximate surface area is 229 Å². The molecular weight excluding hydrogens is 561 g/mol. The highest BCUT2D eigenvalue weighted by Gasteiger charge is 2.41. The van der Waals surface area contributed by atoms with Crippen LogP contribution in [0.4, 0.5) is 30.7 Å². The average Bonchev–Trinajstić information content (AvgIpc) is 2.88. The summed E-state index contributed by atoms with van der Waals surface area (Å²) < 4.78 is 98.1. The largest absolute Gasteiger partial charge is 0.416 e. The molecule has 3 aromatic carbocycles. The van der Waals surface area contributed by atoms with Crippen LogP contribution in [-0.2, 0) is 24.1 Å². The van der Waals surface area contributed by atoms with Gasteiger partial charge < -0.3 is 5.32 Å². The molecule has 11 heteroatoms. The molecule has 208 valence electrons. The monoisotopic (exact) mass is 580 g/mol. The van der Waals surface area contributed by atoms with Crippen LogP contribution in [0.1, 0.15) is 45.2 Å². The standard InChI is InChI=1S/C29H20ClF7N2O/c1-27(33,34)23-11-18(7-9-24(23)32)26(40)39-28(15-17-5-3-2-4-6-17,25-10-8-21(30)16-38-25)19-12-20(29(35,36)37)14-22(31)13-19/h2-14,16H,15H2,1H3,(H,39,40)/t28-/m0/s1. The van der Waals surface area contributed by atoms with Crippen molar-refractivity contribution in [2.24, 2.45) is 0 Å². The fourth-order valence-electron chi connectivity index (χ4n) is 4.32. The minimum Gasteiger partial charge on any atom is -0.337 e. The van der Waals surface area contributed by atoms with E-state index in [2.05, 4.69) is 10.3 Å². The Hall–Kier alpha value is -3.92. The molecule has 0 aliphatic rings. The smallest absolute Gasteiger partial charge is 0.337 e. The third kappa shape index (κ3) is 6.28. The van der Waals surface area contributed by atoms with Crippen LogP contribution >= 0.6 is 11.6 Å². The van der Waals surface area contributed by atoms with Gasteiger partial charge in [-0.1, -0.05) is 41.9 Å². The predicted octanol–water partition coefficient (Wildman–Crippen LogP) is 8.06. The van der Waals surface area contributed by atoms with Gasteiger partial charge in [-0.3, -0.25) is 9.78 Å². The summed E-state index contributed by atoms with van der Waals surface area (Å²) >= 11 is 5.99. The molecule has 0 spiro atoms. The Kier molecular flexibility index (Phi) is 7.94. The number of nitrogens with one attached hydrogen (secondary N) is 1. The van der Waals surface area contributed by atoms with E-state index in [4.69, 9.17) is 11.6 Å². The number of hydrogen-bond donors (Lipinski definition) is 1. The van der Waals surface area contributed by atoms with Crippen molar-refractivity contribution >= 4 is 17.5 Å². The first kappa shape index (κ1) is 29.1. The zero-order chi connectivity index (χ0) is 29.3. The molecule has 0 aliphatic carbocycles. The number of carbonyl (C=O) groups is 1. The molecule has 1 amide bonds. The van der Waals surface area contributed by atoms with Gasteiger partial charge in [0.15, 0.2) is 0 Å². The normalized spacial score (nSPS) is 13.5. The number of hydrogen-bond acceptors (Lipinski definition) is 2. The molecule has 0 unspecified atom stereocenters. The number of amides is 1.